The molecule has 0 rings (SSSR count). The van der Waals surface area contributed by atoms with Crippen molar-refractivity contribution in [3.05, 3.63) is 12.8 Å². The van der Waals surface area contributed by atoms with Gasteiger partial charge in [0.1, 0.15) is 6.26 Å². The molecular formula is C6H12O2. The molecule has 0 bridgehead atoms. The first-order valence-corrected chi connectivity index (χ1v) is 2.66. The summed E-state index contributed by atoms with van der Waals surface area (Å²) in [5.74, 6) is 0.509. The van der Waals surface area contributed by atoms with Gasteiger partial charge in [0.05, 0.1) is 6.61 Å². The second kappa shape index (κ2) is 4.65. The molecule has 0 fully saturated rings. The van der Waals surface area contributed by atoms with Crippen molar-refractivity contribution in [1.82, 2.24) is 0 Å². The normalized spacial score (nSPS) is 9.38. The fraction of sp³-hybridized carbons (Fsp3) is 0.667. The van der Waals surface area contributed by atoms with Gasteiger partial charge in [-0.05, 0) is 5.92 Å². The standard InChI is InChI=1S/C6H12O2/c1-4-7-8-5-6(2)3/h4,6H,1,5H2,2-3H3. The minimum absolute atomic E-state index is 0.509. The van der Waals surface area contributed by atoms with Crippen LogP contribution < -0.4 is 0 Å². The van der Waals surface area contributed by atoms with E-state index in [4.69, 9.17) is 0 Å². The summed E-state index contributed by atoms with van der Waals surface area (Å²) >= 11 is 0. The van der Waals surface area contributed by atoms with E-state index >= 15 is 0 Å². The molecule has 0 heterocycles. The molecule has 0 spiro atoms. The molecule has 48 valence electrons. The predicted molar refractivity (Wildman–Crippen MR) is 32.1 cm³/mol. The van der Waals surface area contributed by atoms with E-state index in [0.717, 1.165) is 0 Å². The molecule has 0 aliphatic rings. The maximum atomic E-state index is 4.63. The van der Waals surface area contributed by atoms with Crippen LogP contribution in [0, 0.1) is 5.92 Å². The summed E-state index contributed by atoms with van der Waals surface area (Å²) < 4.78 is 0. The van der Waals surface area contributed by atoms with Crippen molar-refractivity contribution in [2.24, 2.45) is 5.92 Å². The lowest BCUT2D eigenvalue weighted by Crippen LogP contribution is -1.99. The second-order valence-corrected chi connectivity index (χ2v) is 1.94. The second-order valence-electron chi connectivity index (χ2n) is 1.94. The zero-order chi connectivity index (χ0) is 6.41. The Morgan fingerprint density at radius 2 is 2.25 bits per heavy atom. The molecule has 8 heavy (non-hydrogen) atoms. The van der Waals surface area contributed by atoms with Crippen LogP contribution in [0.25, 0.3) is 0 Å². The maximum absolute atomic E-state index is 4.63. The van der Waals surface area contributed by atoms with Crippen molar-refractivity contribution in [3.63, 3.8) is 0 Å². The van der Waals surface area contributed by atoms with Gasteiger partial charge in [0.25, 0.3) is 0 Å². The Hall–Kier alpha value is -0.500. The van der Waals surface area contributed by atoms with Gasteiger partial charge in [-0.25, -0.2) is 0 Å². The van der Waals surface area contributed by atoms with E-state index in [9.17, 15) is 0 Å². The molecule has 0 radical (unpaired) electrons. The minimum Gasteiger partial charge on any atom is -0.346 e. The first-order chi connectivity index (χ1) is 3.77. The summed E-state index contributed by atoms with van der Waals surface area (Å²) in [7, 11) is 0. The van der Waals surface area contributed by atoms with E-state index < -0.39 is 0 Å². The van der Waals surface area contributed by atoms with E-state index in [0.29, 0.717) is 12.5 Å². The molecule has 2 heteroatoms. The molecule has 0 amide bonds. The van der Waals surface area contributed by atoms with E-state index in [1.54, 1.807) is 0 Å². The zero-order valence-corrected chi connectivity index (χ0v) is 5.39. The molecule has 0 aromatic rings. The summed E-state index contributed by atoms with van der Waals surface area (Å²) in [5.41, 5.74) is 0. The Morgan fingerprint density at radius 1 is 1.62 bits per heavy atom. The zero-order valence-electron chi connectivity index (χ0n) is 5.39. The summed E-state index contributed by atoms with van der Waals surface area (Å²) in [6, 6.07) is 0. The van der Waals surface area contributed by atoms with E-state index in [2.05, 4.69) is 16.4 Å². The maximum Gasteiger partial charge on any atom is 0.122 e. The average molecular weight is 116 g/mol. The van der Waals surface area contributed by atoms with Gasteiger partial charge in [-0.3, -0.25) is 0 Å². The van der Waals surface area contributed by atoms with Crippen molar-refractivity contribution in [2.45, 2.75) is 13.8 Å². The average Bonchev–Trinajstić information content (AvgIpc) is 1.66. The van der Waals surface area contributed by atoms with Gasteiger partial charge in [0.15, 0.2) is 0 Å². The van der Waals surface area contributed by atoms with Crippen LogP contribution in [0.1, 0.15) is 13.8 Å². The quantitative estimate of drug-likeness (QED) is 0.241. The van der Waals surface area contributed by atoms with Gasteiger partial charge >= 0.3 is 0 Å². The molecule has 0 atom stereocenters. The lowest BCUT2D eigenvalue weighted by molar-refractivity contribution is -0.254. The monoisotopic (exact) mass is 116 g/mol. The number of rotatable bonds is 4. The molecule has 0 aliphatic heterocycles. The third-order valence-electron chi connectivity index (χ3n) is 0.537. The Kier molecular flexibility index (Phi) is 4.36. The van der Waals surface area contributed by atoms with Crippen molar-refractivity contribution in [2.75, 3.05) is 6.61 Å². The molecule has 0 unspecified atom stereocenters. The van der Waals surface area contributed by atoms with Crippen molar-refractivity contribution in [1.29, 1.82) is 0 Å². The Bertz CT molecular complexity index is 59.5. The van der Waals surface area contributed by atoms with Crippen molar-refractivity contribution < 1.29 is 9.78 Å². The highest BCUT2D eigenvalue weighted by Crippen LogP contribution is 1.91. The largest absolute Gasteiger partial charge is 0.346 e. The summed E-state index contributed by atoms with van der Waals surface area (Å²) in [6.45, 7) is 8.02. The van der Waals surface area contributed by atoms with Crippen LogP contribution in [0.4, 0.5) is 0 Å². The number of hydrogen-bond donors (Lipinski definition) is 0. The third kappa shape index (κ3) is 5.50. The summed E-state index contributed by atoms with van der Waals surface area (Å²) in [6.07, 6.45) is 1.27. The molecule has 0 N–H and O–H groups in total. The molecule has 2 nitrogen and oxygen atoms in total. The topological polar surface area (TPSA) is 18.5 Å². The molecule has 0 saturated carbocycles. The first kappa shape index (κ1) is 7.50. The SMILES string of the molecule is C=COOCC(C)C. The van der Waals surface area contributed by atoms with Gasteiger partial charge in [0, 0.05) is 0 Å². The number of hydrogen-bond acceptors (Lipinski definition) is 2. The van der Waals surface area contributed by atoms with Crippen LogP contribution in [0.5, 0.6) is 0 Å². The van der Waals surface area contributed by atoms with Crippen LogP contribution in [-0.4, -0.2) is 6.61 Å². The molecule has 0 saturated heterocycles. The highest BCUT2D eigenvalue weighted by molar-refractivity contribution is 4.43. The highest BCUT2D eigenvalue weighted by Gasteiger charge is 1.90. The lowest BCUT2D eigenvalue weighted by Gasteiger charge is -2.01. The molecular weight excluding hydrogens is 104 g/mol. The van der Waals surface area contributed by atoms with Crippen LogP contribution in [0.3, 0.4) is 0 Å². The van der Waals surface area contributed by atoms with Gasteiger partial charge in [0.2, 0.25) is 0 Å². The van der Waals surface area contributed by atoms with Crippen LogP contribution >= 0.6 is 0 Å². The predicted octanol–water partition coefficient (Wildman–Crippen LogP) is 1.73. The van der Waals surface area contributed by atoms with Crippen LogP contribution in [-0.2, 0) is 9.78 Å². The van der Waals surface area contributed by atoms with Crippen LogP contribution in [0.2, 0.25) is 0 Å². The van der Waals surface area contributed by atoms with Gasteiger partial charge in [-0.2, -0.15) is 4.89 Å². The molecule has 0 aromatic carbocycles. The first-order valence-electron chi connectivity index (χ1n) is 2.66. The van der Waals surface area contributed by atoms with E-state index in [1.165, 1.54) is 6.26 Å². The minimum atomic E-state index is 0.509. The fourth-order valence-electron chi connectivity index (χ4n) is 0.223. The Labute approximate surface area is 50.0 Å². The smallest absolute Gasteiger partial charge is 0.122 e. The van der Waals surface area contributed by atoms with Gasteiger partial charge in [-0.15, -0.1) is 0 Å². The molecule has 0 aliphatic carbocycles. The highest BCUT2D eigenvalue weighted by atomic mass is 17.2. The van der Waals surface area contributed by atoms with Gasteiger partial charge in [-0.1, -0.05) is 20.4 Å². The van der Waals surface area contributed by atoms with Crippen LogP contribution in [0.15, 0.2) is 12.8 Å². The Morgan fingerprint density at radius 3 is 2.62 bits per heavy atom. The van der Waals surface area contributed by atoms with Gasteiger partial charge < -0.3 is 4.89 Å². The molecule has 0 aromatic heterocycles. The lowest BCUT2D eigenvalue weighted by atomic mass is 10.2. The summed E-state index contributed by atoms with van der Waals surface area (Å²) in [4.78, 5) is 9.03. The Balaban J connectivity index is 2.81. The van der Waals surface area contributed by atoms with E-state index in [1.807, 2.05) is 13.8 Å². The van der Waals surface area contributed by atoms with Crippen molar-refractivity contribution >= 4 is 0 Å². The third-order valence-corrected chi connectivity index (χ3v) is 0.537. The summed E-state index contributed by atoms with van der Waals surface area (Å²) in [5, 5.41) is 0. The fourth-order valence-corrected chi connectivity index (χ4v) is 0.223. The van der Waals surface area contributed by atoms with E-state index in [-0.39, 0.29) is 0 Å². The van der Waals surface area contributed by atoms with Crippen molar-refractivity contribution in [3.8, 4) is 0 Å².